The fourth-order valence-electron chi connectivity index (χ4n) is 2.63. The fraction of sp³-hybridized carbons (Fsp3) is 0.222. The van der Waals surface area contributed by atoms with Gasteiger partial charge in [0.1, 0.15) is 10.7 Å². The van der Waals surface area contributed by atoms with Gasteiger partial charge in [-0.15, -0.1) is 0 Å². The summed E-state index contributed by atoms with van der Waals surface area (Å²) in [7, 11) is -1.40. The smallest absolute Gasteiger partial charge is 0.257 e. The Morgan fingerprint density at radius 1 is 1.19 bits per heavy atom. The lowest BCUT2D eigenvalue weighted by molar-refractivity contribution is 0.102. The van der Waals surface area contributed by atoms with Gasteiger partial charge < -0.3 is 0 Å². The largest absolute Gasteiger partial charge is 0.298 e. The number of sulfonamides is 1. The van der Waals surface area contributed by atoms with E-state index >= 15 is 0 Å². The number of aromatic nitrogens is 1. The van der Waals surface area contributed by atoms with E-state index in [4.69, 9.17) is 0 Å². The number of carbonyl (C=O) groups is 1. The van der Waals surface area contributed by atoms with Crippen molar-refractivity contribution in [3.63, 3.8) is 0 Å². The number of anilines is 1. The minimum absolute atomic E-state index is 0.0315. The van der Waals surface area contributed by atoms with E-state index in [0.717, 1.165) is 37.8 Å². The Balaban J connectivity index is 1.94. The Morgan fingerprint density at radius 2 is 1.89 bits per heavy atom. The van der Waals surface area contributed by atoms with Crippen LogP contribution < -0.4 is 5.32 Å². The first kappa shape index (κ1) is 19.4. The quantitative estimate of drug-likeness (QED) is 0.717. The summed E-state index contributed by atoms with van der Waals surface area (Å²) in [6.45, 7) is 3.93. The SMILES string of the molecule is Cc1cc(C)c2nc(NC(=O)c3ccc(F)c(S(=O)(=O)N(C)C)c3)sc2c1. The van der Waals surface area contributed by atoms with Gasteiger partial charge in [-0.05, 0) is 49.2 Å². The number of aryl methyl sites for hydroxylation is 2. The topological polar surface area (TPSA) is 79.4 Å². The van der Waals surface area contributed by atoms with Gasteiger partial charge in [-0.2, -0.15) is 0 Å². The molecule has 0 aliphatic heterocycles. The van der Waals surface area contributed by atoms with Crippen molar-refractivity contribution in [1.29, 1.82) is 0 Å². The van der Waals surface area contributed by atoms with Crippen LogP contribution in [0.25, 0.3) is 10.2 Å². The van der Waals surface area contributed by atoms with Crippen molar-refractivity contribution in [1.82, 2.24) is 9.29 Å². The molecule has 0 unspecified atom stereocenters. The lowest BCUT2D eigenvalue weighted by Gasteiger charge is -2.13. The van der Waals surface area contributed by atoms with Crippen LogP contribution in [0.4, 0.5) is 9.52 Å². The van der Waals surface area contributed by atoms with Crippen molar-refractivity contribution in [2.45, 2.75) is 18.7 Å². The van der Waals surface area contributed by atoms with E-state index in [1.54, 1.807) is 0 Å². The van der Waals surface area contributed by atoms with Crippen LogP contribution in [-0.4, -0.2) is 37.7 Å². The number of benzene rings is 2. The van der Waals surface area contributed by atoms with Crippen LogP contribution in [-0.2, 0) is 10.0 Å². The van der Waals surface area contributed by atoms with Gasteiger partial charge in [0.15, 0.2) is 5.13 Å². The molecular weight excluding hydrogens is 389 g/mol. The van der Waals surface area contributed by atoms with Crippen LogP contribution in [0.3, 0.4) is 0 Å². The Morgan fingerprint density at radius 3 is 2.56 bits per heavy atom. The van der Waals surface area contributed by atoms with Gasteiger partial charge in [0.2, 0.25) is 10.0 Å². The third-order valence-corrected chi connectivity index (χ3v) is 6.75. The second kappa shape index (κ2) is 6.99. The minimum Gasteiger partial charge on any atom is -0.298 e. The lowest BCUT2D eigenvalue weighted by atomic mass is 10.1. The number of halogens is 1. The van der Waals surface area contributed by atoms with Crippen LogP contribution in [0.1, 0.15) is 21.5 Å². The predicted molar refractivity (Wildman–Crippen MR) is 104 cm³/mol. The molecule has 1 amide bonds. The molecule has 0 saturated heterocycles. The highest BCUT2D eigenvalue weighted by Gasteiger charge is 2.23. The molecule has 3 aromatic rings. The molecule has 142 valence electrons. The molecule has 0 spiro atoms. The summed E-state index contributed by atoms with van der Waals surface area (Å²) in [5, 5.41) is 3.05. The Hall–Kier alpha value is -2.36. The molecule has 9 heteroatoms. The number of hydrogen-bond donors (Lipinski definition) is 1. The number of thiazole rings is 1. The van der Waals surface area contributed by atoms with E-state index in [1.165, 1.54) is 31.5 Å². The number of nitrogens with one attached hydrogen (secondary N) is 1. The lowest BCUT2D eigenvalue weighted by Crippen LogP contribution is -2.24. The first-order valence-corrected chi connectivity index (χ1v) is 10.3. The molecule has 0 saturated carbocycles. The number of hydrogen-bond acceptors (Lipinski definition) is 5. The van der Waals surface area contributed by atoms with Crippen LogP contribution in [0.2, 0.25) is 0 Å². The summed E-state index contributed by atoms with van der Waals surface area (Å²) in [5.74, 6) is -1.47. The highest BCUT2D eigenvalue weighted by Crippen LogP contribution is 2.29. The van der Waals surface area contributed by atoms with Crippen molar-refractivity contribution < 1.29 is 17.6 Å². The zero-order chi connectivity index (χ0) is 19.9. The highest BCUT2D eigenvalue weighted by molar-refractivity contribution is 7.89. The van der Waals surface area contributed by atoms with Gasteiger partial charge in [0.25, 0.3) is 5.91 Å². The van der Waals surface area contributed by atoms with Crippen molar-refractivity contribution in [2.75, 3.05) is 19.4 Å². The molecule has 1 heterocycles. The number of fused-ring (bicyclic) bond motifs is 1. The molecule has 3 rings (SSSR count). The molecule has 0 radical (unpaired) electrons. The highest BCUT2D eigenvalue weighted by atomic mass is 32.2. The standard InChI is InChI=1S/C18H18FN3O3S2/c1-10-7-11(2)16-14(8-10)26-18(20-16)21-17(23)12-5-6-13(19)15(9-12)27(24,25)22(3)4/h5-9H,1-4H3,(H,20,21,23). The van der Waals surface area contributed by atoms with E-state index in [-0.39, 0.29) is 5.56 Å². The average Bonchev–Trinajstić information content (AvgIpc) is 2.97. The van der Waals surface area contributed by atoms with Crippen LogP contribution in [0.5, 0.6) is 0 Å². The number of rotatable bonds is 4. The maximum atomic E-state index is 14.0. The number of carbonyl (C=O) groups excluding carboxylic acids is 1. The summed E-state index contributed by atoms with van der Waals surface area (Å²) >= 11 is 1.32. The molecule has 0 aliphatic rings. The zero-order valence-electron chi connectivity index (χ0n) is 15.2. The zero-order valence-corrected chi connectivity index (χ0v) is 16.8. The molecule has 0 fully saturated rings. The molecule has 6 nitrogen and oxygen atoms in total. The summed E-state index contributed by atoms with van der Waals surface area (Å²) < 4.78 is 40.3. The Kier molecular flexibility index (Phi) is 5.02. The summed E-state index contributed by atoms with van der Waals surface area (Å²) in [5.41, 5.74) is 2.93. The van der Waals surface area contributed by atoms with E-state index in [0.29, 0.717) is 5.13 Å². The maximum Gasteiger partial charge on any atom is 0.257 e. The Labute approximate surface area is 160 Å². The van der Waals surface area contributed by atoms with E-state index in [9.17, 15) is 17.6 Å². The van der Waals surface area contributed by atoms with Gasteiger partial charge in [0.05, 0.1) is 10.2 Å². The predicted octanol–water partition coefficient (Wildman–Crippen LogP) is 3.55. The van der Waals surface area contributed by atoms with E-state index in [1.807, 2.05) is 26.0 Å². The van der Waals surface area contributed by atoms with Crippen molar-refractivity contribution in [3.8, 4) is 0 Å². The second-order valence-electron chi connectivity index (χ2n) is 6.33. The third-order valence-electron chi connectivity index (χ3n) is 4.00. The van der Waals surface area contributed by atoms with Gasteiger partial charge in [-0.3, -0.25) is 10.1 Å². The first-order valence-electron chi connectivity index (χ1n) is 8.01. The molecule has 1 N–H and O–H groups in total. The van der Waals surface area contributed by atoms with Crippen LogP contribution >= 0.6 is 11.3 Å². The van der Waals surface area contributed by atoms with Gasteiger partial charge in [-0.1, -0.05) is 17.4 Å². The van der Waals surface area contributed by atoms with Crippen molar-refractivity contribution in [3.05, 3.63) is 52.8 Å². The Bertz CT molecular complexity index is 1150. The number of nitrogens with zero attached hydrogens (tertiary/aromatic N) is 2. The van der Waals surface area contributed by atoms with Crippen LogP contribution in [0.15, 0.2) is 35.2 Å². The molecule has 0 atom stereocenters. The molecule has 1 aromatic heterocycles. The van der Waals surface area contributed by atoms with Crippen molar-refractivity contribution >= 4 is 42.6 Å². The third kappa shape index (κ3) is 3.71. The molecule has 2 aromatic carbocycles. The first-order chi connectivity index (χ1) is 12.6. The fourth-order valence-corrected chi connectivity index (χ4v) is 4.65. The molecule has 27 heavy (non-hydrogen) atoms. The van der Waals surface area contributed by atoms with Gasteiger partial charge in [0, 0.05) is 19.7 Å². The van der Waals surface area contributed by atoms with Gasteiger partial charge >= 0.3 is 0 Å². The maximum absolute atomic E-state index is 14.0. The van der Waals surface area contributed by atoms with Crippen molar-refractivity contribution in [2.24, 2.45) is 0 Å². The summed E-state index contributed by atoms with van der Waals surface area (Å²) in [6, 6.07) is 7.23. The van der Waals surface area contributed by atoms with E-state index in [2.05, 4.69) is 10.3 Å². The number of amides is 1. The average molecular weight is 407 g/mol. The van der Waals surface area contributed by atoms with E-state index < -0.39 is 26.6 Å². The molecule has 0 bridgehead atoms. The summed E-state index contributed by atoms with van der Waals surface area (Å²) in [6.07, 6.45) is 0. The second-order valence-corrected chi connectivity index (χ2v) is 9.49. The normalized spacial score (nSPS) is 11.9. The van der Waals surface area contributed by atoms with Gasteiger partial charge in [-0.25, -0.2) is 22.1 Å². The summed E-state index contributed by atoms with van der Waals surface area (Å²) in [4.78, 5) is 16.4. The monoisotopic (exact) mass is 407 g/mol. The molecular formula is C18H18FN3O3S2. The minimum atomic E-state index is -4.00. The molecule has 0 aliphatic carbocycles. The van der Waals surface area contributed by atoms with Crippen LogP contribution in [0, 0.1) is 19.7 Å².